The Morgan fingerprint density at radius 3 is 3.12 bits per heavy atom. The van der Waals surface area contributed by atoms with Crippen LogP contribution in [-0.4, -0.2) is 9.78 Å². The fourth-order valence-corrected chi connectivity index (χ4v) is 2.64. The first kappa shape index (κ1) is 10.5. The molecule has 1 heterocycles. The number of aromatic nitrogens is 2. The van der Waals surface area contributed by atoms with Crippen LogP contribution in [0.1, 0.15) is 30.5 Å². The maximum Gasteiger partial charge on any atom is 0.0682 e. The maximum atomic E-state index is 6.05. The molecule has 1 aromatic heterocycles. The van der Waals surface area contributed by atoms with Crippen LogP contribution in [0.3, 0.4) is 0 Å². The SMILES string of the molecule is CCn1nccc1-c1ccc2c(c1)CCC2N. The molecule has 0 spiro atoms. The summed E-state index contributed by atoms with van der Waals surface area (Å²) in [6, 6.07) is 8.91. The summed E-state index contributed by atoms with van der Waals surface area (Å²) in [4.78, 5) is 0. The molecule has 0 saturated carbocycles. The topological polar surface area (TPSA) is 43.8 Å². The van der Waals surface area contributed by atoms with Crippen LogP contribution in [0.15, 0.2) is 30.5 Å². The zero-order chi connectivity index (χ0) is 11.8. The van der Waals surface area contributed by atoms with Gasteiger partial charge in [-0.25, -0.2) is 0 Å². The van der Waals surface area contributed by atoms with Gasteiger partial charge in [-0.1, -0.05) is 12.1 Å². The van der Waals surface area contributed by atoms with E-state index in [4.69, 9.17) is 5.73 Å². The van der Waals surface area contributed by atoms with Gasteiger partial charge in [0.15, 0.2) is 0 Å². The molecule has 1 aliphatic rings. The summed E-state index contributed by atoms with van der Waals surface area (Å²) in [5.41, 5.74) is 11.2. The summed E-state index contributed by atoms with van der Waals surface area (Å²) in [6.07, 6.45) is 4.04. The van der Waals surface area contributed by atoms with Gasteiger partial charge in [-0.2, -0.15) is 5.10 Å². The second-order valence-electron chi connectivity index (χ2n) is 4.59. The fourth-order valence-electron chi connectivity index (χ4n) is 2.64. The minimum atomic E-state index is 0.232. The predicted molar refractivity (Wildman–Crippen MR) is 68.6 cm³/mol. The third kappa shape index (κ3) is 1.67. The van der Waals surface area contributed by atoms with Crippen molar-refractivity contribution in [3.8, 4) is 11.3 Å². The Labute approximate surface area is 101 Å². The summed E-state index contributed by atoms with van der Waals surface area (Å²) in [5.74, 6) is 0. The number of nitrogens with zero attached hydrogens (tertiary/aromatic N) is 2. The monoisotopic (exact) mass is 227 g/mol. The third-order valence-electron chi connectivity index (χ3n) is 3.58. The van der Waals surface area contributed by atoms with Crippen LogP contribution in [0.2, 0.25) is 0 Å². The van der Waals surface area contributed by atoms with Gasteiger partial charge in [0, 0.05) is 24.3 Å². The molecular formula is C14H17N3. The van der Waals surface area contributed by atoms with Crippen molar-refractivity contribution < 1.29 is 0 Å². The first-order valence-electron chi connectivity index (χ1n) is 6.20. The standard InChI is InChI=1S/C14H17N3/c1-2-17-14(7-8-16-17)11-3-5-12-10(9-11)4-6-13(12)15/h3,5,7-9,13H,2,4,6,15H2,1H3. The Kier molecular flexibility index (Phi) is 2.48. The summed E-state index contributed by atoms with van der Waals surface area (Å²) >= 11 is 0. The molecule has 1 aliphatic carbocycles. The van der Waals surface area contributed by atoms with Crippen molar-refractivity contribution in [2.24, 2.45) is 5.73 Å². The highest BCUT2D eigenvalue weighted by Gasteiger charge is 2.19. The Hall–Kier alpha value is -1.61. The lowest BCUT2D eigenvalue weighted by molar-refractivity contribution is 0.667. The van der Waals surface area contributed by atoms with E-state index in [2.05, 4.69) is 36.3 Å². The van der Waals surface area contributed by atoms with E-state index in [1.54, 1.807) is 0 Å². The van der Waals surface area contributed by atoms with Crippen molar-refractivity contribution in [1.29, 1.82) is 0 Å². The largest absolute Gasteiger partial charge is 0.324 e. The van der Waals surface area contributed by atoms with Crippen LogP contribution in [0, 0.1) is 0 Å². The zero-order valence-electron chi connectivity index (χ0n) is 10.1. The van der Waals surface area contributed by atoms with Crippen LogP contribution in [-0.2, 0) is 13.0 Å². The number of rotatable bonds is 2. The van der Waals surface area contributed by atoms with Crippen molar-refractivity contribution in [2.75, 3.05) is 0 Å². The lowest BCUT2D eigenvalue weighted by atomic mass is 10.0. The molecule has 1 unspecified atom stereocenters. The molecule has 1 aromatic carbocycles. The minimum Gasteiger partial charge on any atom is -0.324 e. The number of fused-ring (bicyclic) bond motifs is 1. The smallest absolute Gasteiger partial charge is 0.0682 e. The first-order valence-corrected chi connectivity index (χ1v) is 6.20. The van der Waals surface area contributed by atoms with Gasteiger partial charge in [0.1, 0.15) is 0 Å². The molecule has 17 heavy (non-hydrogen) atoms. The van der Waals surface area contributed by atoms with Crippen molar-refractivity contribution in [1.82, 2.24) is 9.78 Å². The summed E-state index contributed by atoms with van der Waals surface area (Å²) in [7, 11) is 0. The molecule has 0 fully saturated rings. The average Bonchev–Trinajstić information content (AvgIpc) is 2.96. The number of hydrogen-bond donors (Lipinski definition) is 1. The minimum absolute atomic E-state index is 0.232. The molecule has 1 atom stereocenters. The Morgan fingerprint density at radius 2 is 2.29 bits per heavy atom. The lowest BCUT2D eigenvalue weighted by Crippen LogP contribution is -2.05. The van der Waals surface area contributed by atoms with Gasteiger partial charge in [-0.3, -0.25) is 4.68 Å². The van der Waals surface area contributed by atoms with Crippen LogP contribution in [0.5, 0.6) is 0 Å². The van der Waals surface area contributed by atoms with E-state index in [-0.39, 0.29) is 6.04 Å². The number of benzene rings is 1. The van der Waals surface area contributed by atoms with Crippen molar-refractivity contribution >= 4 is 0 Å². The van der Waals surface area contributed by atoms with Crippen LogP contribution < -0.4 is 5.73 Å². The van der Waals surface area contributed by atoms with Crippen molar-refractivity contribution in [3.05, 3.63) is 41.6 Å². The molecule has 0 aliphatic heterocycles. The molecule has 0 bridgehead atoms. The fraction of sp³-hybridized carbons (Fsp3) is 0.357. The maximum absolute atomic E-state index is 6.05. The number of hydrogen-bond acceptors (Lipinski definition) is 2. The van der Waals surface area contributed by atoms with E-state index in [0.29, 0.717) is 0 Å². The normalized spacial score (nSPS) is 18.4. The molecular weight excluding hydrogens is 210 g/mol. The third-order valence-corrected chi connectivity index (χ3v) is 3.58. The Morgan fingerprint density at radius 1 is 1.41 bits per heavy atom. The lowest BCUT2D eigenvalue weighted by Gasteiger charge is -2.08. The van der Waals surface area contributed by atoms with Gasteiger partial charge < -0.3 is 5.73 Å². The molecule has 2 aromatic rings. The summed E-state index contributed by atoms with van der Waals surface area (Å²) in [5, 5.41) is 4.31. The van der Waals surface area contributed by atoms with Crippen molar-refractivity contribution in [3.63, 3.8) is 0 Å². The number of nitrogens with two attached hydrogens (primary N) is 1. The average molecular weight is 227 g/mol. The predicted octanol–water partition coefficient (Wildman–Crippen LogP) is 2.52. The van der Waals surface area contributed by atoms with E-state index in [1.807, 2.05) is 10.9 Å². The van der Waals surface area contributed by atoms with Gasteiger partial charge in [0.25, 0.3) is 0 Å². The molecule has 88 valence electrons. The van der Waals surface area contributed by atoms with Crippen LogP contribution in [0.25, 0.3) is 11.3 Å². The molecule has 0 saturated heterocycles. The van der Waals surface area contributed by atoms with E-state index < -0.39 is 0 Å². The van der Waals surface area contributed by atoms with Crippen LogP contribution >= 0.6 is 0 Å². The number of aryl methyl sites for hydroxylation is 2. The quantitative estimate of drug-likeness (QED) is 0.856. The molecule has 0 radical (unpaired) electrons. The van der Waals surface area contributed by atoms with E-state index in [1.165, 1.54) is 22.4 Å². The van der Waals surface area contributed by atoms with Gasteiger partial charge in [-0.15, -0.1) is 0 Å². The van der Waals surface area contributed by atoms with E-state index >= 15 is 0 Å². The van der Waals surface area contributed by atoms with Crippen LogP contribution in [0.4, 0.5) is 0 Å². The van der Waals surface area contributed by atoms with Gasteiger partial charge in [-0.05, 0) is 43.0 Å². The molecule has 3 nitrogen and oxygen atoms in total. The highest BCUT2D eigenvalue weighted by atomic mass is 15.3. The molecule has 0 amide bonds. The second kappa shape index (κ2) is 4.00. The summed E-state index contributed by atoms with van der Waals surface area (Å²) < 4.78 is 2.02. The zero-order valence-corrected chi connectivity index (χ0v) is 10.1. The van der Waals surface area contributed by atoms with E-state index in [0.717, 1.165) is 19.4 Å². The van der Waals surface area contributed by atoms with Crippen molar-refractivity contribution in [2.45, 2.75) is 32.4 Å². The summed E-state index contributed by atoms with van der Waals surface area (Å²) in [6.45, 7) is 3.01. The van der Waals surface area contributed by atoms with Gasteiger partial charge >= 0.3 is 0 Å². The Bertz CT molecular complexity index is 542. The highest BCUT2D eigenvalue weighted by Crippen LogP contribution is 2.32. The second-order valence-corrected chi connectivity index (χ2v) is 4.59. The molecule has 2 N–H and O–H groups in total. The molecule has 3 rings (SSSR count). The highest BCUT2D eigenvalue weighted by molar-refractivity contribution is 5.62. The Balaban J connectivity index is 2.06. The van der Waals surface area contributed by atoms with E-state index in [9.17, 15) is 0 Å². The molecule has 3 heteroatoms. The first-order chi connectivity index (χ1) is 8.29. The van der Waals surface area contributed by atoms with Gasteiger partial charge in [0.05, 0.1) is 5.69 Å². The van der Waals surface area contributed by atoms with Gasteiger partial charge in [0.2, 0.25) is 0 Å².